The average Bonchev–Trinajstić information content (AvgIpc) is 2.67. The molecule has 1 aromatic rings. The van der Waals surface area contributed by atoms with Crippen molar-refractivity contribution in [2.24, 2.45) is 0 Å². The van der Waals surface area contributed by atoms with Gasteiger partial charge in [0.2, 0.25) is 5.91 Å². The molecular formula is C20H37NO4S3. The van der Waals surface area contributed by atoms with Crippen LogP contribution in [0.4, 0.5) is 0 Å². The maximum atomic E-state index is 11.9. The van der Waals surface area contributed by atoms with Gasteiger partial charge in [0, 0.05) is 17.7 Å². The average molecular weight is 452 g/mol. The van der Waals surface area contributed by atoms with Crippen LogP contribution in [0, 0.1) is 0 Å². The van der Waals surface area contributed by atoms with Gasteiger partial charge in [-0.25, -0.2) is 0 Å². The molecule has 8 heteroatoms. The number of hydrogen-bond donors (Lipinski definition) is 4. The summed E-state index contributed by atoms with van der Waals surface area (Å²) < 4.78 is 5.74. The highest BCUT2D eigenvalue weighted by molar-refractivity contribution is 8.76. The Hall–Kier alpha value is -0.540. The number of amides is 1. The van der Waals surface area contributed by atoms with E-state index in [2.05, 4.69) is 31.8 Å². The van der Waals surface area contributed by atoms with Crippen molar-refractivity contribution in [3.05, 3.63) is 29.3 Å². The lowest BCUT2D eigenvalue weighted by atomic mass is 10.1. The van der Waals surface area contributed by atoms with E-state index in [1.54, 1.807) is 46.0 Å². The Balaban J connectivity index is 0. The summed E-state index contributed by atoms with van der Waals surface area (Å²) in [6, 6.07) is 5.25. The molecule has 0 aliphatic heterocycles. The number of aliphatic hydroxyl groups excluding tert-OH is 2. The van der Waals surface area contributed by atoms with Gasteiger partial charge in [-0.2, -0.15) is 12.6 Å². The van der Waals surface area contributed by atoms with Crippen LogP contribution in [0.25, 0.3) is 0 Å². The summed E-state index contributed by atoms with van der Waals surface area (Å²) >= 11 is 3.53. The standard InChI is InChI=1S/C18H29NO4S2.CH4S.CH4/c1-18(2,25-24-3)6-5-17(22)19-7-4-8-23-16-10-14(12-20)9-15(11-16)13-21;1-2;/h9-11,20-21H,4-8,12-13H2,1-3H3,(H,19,22);2H,1H3;1H4. The summed E-state index contributed by atoms with van der Waals surface area (Å²) in [4.78, 5) is 11.9. The first-order valence-electron chi connectivity index (χ1n) is 8.81. The van der Waals surface area contributed by atoms with Gasteiger partial charge in [0.25, 0.3) is 0 Å². The number of hydrogen-bond acceptors (Lipinski definition) is 7. The van der Waals surface area contributed by atoms with Crippen LogP contribution in [-0.4, -0.2) is 46.5 Å². The third kappa shape index (κ3) is 13.6. The van der Waals surface area contributed by atoms with Gasteiger partial charge in [-0.3, -0.25) is 4.79 Å². The Labute approximate surface area is 184 Å². The number of carbonyl (C=O) groups is 1. The molecule has 0 atom stereocenters. The van der Waals surface area contributed by atoms with E-state index in [1.807, 2.05) is 6.26 Å². The van der Waals surface area contributed by atoms with Crippen LogP contribution in [-0.2, 0) is 18.0 Å². The van der Waals surface area contributed by atoms with Crippen molar-refractivity contribution in [1.82, 2.24) is 5.32 Å². The summed E-state index contributed by atoms with van der Waals surface area (Å²) in [5.74, 6) is 0.692. The Bertz CT molecular complexity index is 520. The fraction of sp³-hybridized carbons (Fsp3) is 0.650. The number of thiol groups is 1. The van der Waals surface area contributed by atoms with E-state index in [-0.39, 0.29) is 31.3 Å². The van der Waals surface area contributed by atoms with E-state index < -0.39 is 0 Å². The lowest BCUT2D eigenvalue weighted by Crippen LogP contribution is -2.27. The van der Waals surface area contributed by atoms with Crippen molar-refractivity contribution in [2.75, 3.05) is 25.7 Å². The lowest BCUT2D eigenvalue weighted by molar-refractivity contribution is -0.121. The molecule has 0 bridgehead atoms. The molecule has 1 aromatic carbocycles. The van der Waals surface area contributed by atoms with Gasteiger partial charge in [-0.05, 0) is 62.5 Å². The molecule has 0 radical (unpaired) electrons. The minimum atomic E-state index is -0.0918. The summed E-state index contributed by atoms with van der Waals surface area (Å²) in [5.41, 5.74) is 1.42. The molecule has 5 nitrogen and oxygen atoms in total. The molecule has 0 aromatic heterocycles. The van der Waals surface area contributed by atoms with E-state index >= 15 is 0 Å². The SMILES string of the molecule is C.CS.CSSC(C)(C)CCC(=O)NCCCOc1cc(CO)cc(CO)c1. The number of rotatable bonds is 12. The Morgan fingerprint density at radius 3 is 2.25 bits per heavy atom. The Morgan fingerprint density at radius 2 is 1.75 bits per heavy atom. The third-order valence-electron chi connectivity index (χ3n) is 3.57. The van der Waals surface area contributed by atoms with E-state index in [4.69, 9.17) is 4.74 Å². The topological polar surface area (TPSA) is 78.8 Å². The molecule has 28 heavy (non-hydrogen) atoms. The second kappa shape index (κ2) is 17.3. The first kappa shape index (κ1) is 29.7. The van der Waals surface area contributed by atoms with Crippen LogP contribution in [0.15, 0.2) is 18.2 Å². The van der Waals surface area contributed by atoms with E-state index in [0.717, 1.165) is 6.42 Å². The number of aliphatic hydroxyl groups is 2. The molecule has 1 rings (SSSR count). The minimum Gasteiger partial charge on any atom is -0.494 e. The van der Waals surface area contributed by atoms with E-state index in [1.165, 1.54) is 0 Å². The summed E-state index contributed by atoms with van der Waals surface area (Å²) in [6.45, 7) is 5.15. The van der Waals surface area contributed by atoms with Gasteiger partial charge in [-0.15, -0.1) is 0 Å². The summed E-state index contributed by atoms with van der Waals surface area (Å²) in [6.07, 6.45) is 5.82. The Morgan fingerprint density at radius 1 is 1.18 bits per heavy atom. The summed E-state index contributed by atoms with van der Waals surface area (Å²) in [5, 5.41) is 21.3. The van der Waals surface area contributed by atoms with E-state index in [9.17, 15) is 15.0 Å². The zero-order valence-electron chi connectivity index (χ0n) is 16.7. The van der Waals surface area contributed by atoms with E-state index in [0.29, 0.717) is 42.9 Å². The molecule has 0 aliphatic carbocycles. The highest BCUT2D eigenvalue weighted by atomic mass is 33.1. The second-order valence-corrected chi connectivity index (χ2v) is 9.47. The molecule has 0 saturated carbocycles. The van der Waals surface area contributed by atoms with Gasteiger partial charge in [-0.1, -0.05) is 35.1 Å². The maximum Gasteiger partial charge on any atom is 0.220 e. The van der Waals surface area contributed by atoms with Crippen LogP contribution in [0.3, 0.4) is 0 Å². The molecule has 164 valence electrons. The van der Waals surface area contributed by atoms with Gasteiger partial charge < -0.3 is 20.3 Å². The molecule has 0 aliphatic rings. The molecule has 3 N–H and O–H groups in total. The van der Waals surface area contributed by atoms with Crippen molar-refractivity contribution < 1.29 is 19.7 Å². The molecule has 0 spiro atoms. The van der Waals surface area contributed by atoms with Crippen LogP contribution in [0.1, 0.15) is 51.7 Å². The van der Waals surface area contributed by atoms with Crippen LogP contribution in [0.2, 0.25) is 0 Å². The second-order valence-electron chi connectivity index (χ2n) is 6.36. The van der Waals surface area contributed by atoms with Gasteiger partial charge >= 0.3 is 0 Å². The zero-order chi connectivity index (χ0) is 20.7. The smallest absolute Gasteiger partial charge is 0.220 e. The maximum absolute atomic E-state index is 11.9. The van der Waals surface area contributed by atoms with Crippen LogP contribution >= 0.6 is 34.2 Å². The van der Waals surface area contributed by atoms with Crippen molar-refractivity contribution in [2.45, 2.75) is 58.5 Å². The largest absolute Gasteiger partial charge is 0.494 e. The molecule has 0 saturated heterocycles. The quantitative estimate of drug-likeness (QED) is 0.215. The van der Waals surface area contributed by atoms with Crippen molar-refractivity contribution >= 4 is 40.1 Å². The normalized spacial score (nSPS) is 10.4. The van der Waals surface area contributed by atoms with Gasteiger partial charge in [0.1, 0.15) is 5.75 Å². The minimum absolute atomic E-state index is 0. The van der Waals surface area contributed by atoms with Crippen molar-refractivity contribution in [1.29, 1.82) is 0 Å². The molecule has 0 unspecified atom stereocenters. The number of benzene rings is 1. The monoisotopic (exact) mass is 451 g/mol. The van der Waals surface area contributed by atoms with Gasteiger partial charge in [0.05, 0.1) is 19.8 Å². The molecular weight excluding hydrogens is 414 g/mol. The van der Waals surface area contributed by atoms with Crippen LogP contribution in [0.5, 0.6) is 5.75 Å². The molecule has 0 heterocycles. The fourth-order valence-electron chi connectivity index (χ4n) is 2.25. The summed E-state index contributed by atoms with van der Waals surface area (Å²) in [7, 11) is 3.52. The predicted molar refractivity (Wildman–Crippen MR) is 127 cm³/mol. The highest BCUT2D eigenvalue weighted by Crippen LogP contribution is 2.36. The number of ether oxygens (including phenoxy) is 1. The lowest BCUT2D eigenvalue weighted by Gasteiger charge is -2.21. The molecule has 0 fully saturated rings. The van der Waals surface area contributed by atoms with Crippen LogP contribution < -0.4 is 10.1 Å². The highest BCUT2D eigenvalue weighted by Gasteiger charge is 2.19. The zero-order valence-corrected chi connectivity index (χ0v) is 19.2. The molecule has 1 amide bonds. The Kier molecular flexibility index (Phi) is 18.4. The number of nitrogens with one attached hydrogen (secondary N) is 1. The van der Waals surface area contributed by atoms with Crippen molar-refractivity contribution in [3.8, 4) is 5.75 Å². The predicted octanol–water partition coefficient (Wildman–Crippen LogP) is 4.31. The third-order valence-corrected chi connectivity index (χ3v) is 6.24. The fourth-order valence-corrected chi connectivity index (χ4v) is 4.49. The number of carbonyl (C=O) groups excluding carboxylic acids is 1. The first-order valence-corrected chi connectivity index (χ1v) is 12.3. The van der Waals surface area contributed by atoms with Crippen molar-refractivity contribution in [3.63, 3.8) is 0 Å². The van der Waals surface area contributed by atoms with Gasteiger partial charge in [0.15, 0.2) is 0 Å². The first-order chi connectivity index (χ1) is 12.9.